The Bertz CT molecular complexity index is 1060. The summed E-state index contributed by atoms with van der Waals surface area (Å²) in [7, 11) is 0. The average molecular weight is 436 g/mol. The first kappa shape index (κ1) is 17.9. The Morgan fingerprint density at radius 3 is 2.14 bits per heavy atom. The highest BCUT2D eigenvalue weighted by molar-refractivity contribution is 9.10. The number of aromatic nitrogens is 4. The third kappa shape index (κ3) is 4.24. The van der Waals surface area contributed by atoms with Crippen molar-refractivity contribution in [1.29, 1.82) is 0 Å². The zero-order valence-corrected chi connectivity index (χ0v) is 16.1. The van der Waals surface area contributed by atoms with Crippen molar-refractivity contribution in [3.8, 4) is 22.9 Å². The molecule has 0 saturated carbocycles. The lowest BCUT2D eigenvalue weighted by Gasteiger charge is -2.08. The molecule has 0 fully saturated rings. The molecule has 7 nitrogen and oxygen atoms in total. The Hall–Kier alpha value is -3.52. The number of ether oxygens (including phenoxy) is 1. The summed E-state index contributed by atoms with van der Waals surface area (Å²) in [5, 5.41) is 16.6. The van der Waals surface area contributed by atoms with E-state index in [1.165, 1.54) is 0 Å². The van der Waals surface area contributed by atoms with E-state index in [4.69, 9.17) is 4.74 Å². The number of anilines is 1. The van der Waals surface area contributed by atoms with Crippen LogP contribution in [0.2, 0.25) is 0 Å². The molecule has 0 atom stereocenters. The number of amides is 1. The second kappa shape index (κ2) is 8.01. The van der Waals surface area contributed by atoms with Gasteiger partial charge in [-0.2, -0.15) is 5.21 Å². The van der Waals surface area contributed by atoms with E-state index in [0.29, 0.717) is 22.8 Å². The molecule has 0 bridgehead atoms. The summed E-state index contributed by atoms with van der Waals surface area (Å²) < 4.78 is 6.76. The van der Waals surface area contributed by atoms with Crippen molar-refractivity contribution in [3.05, 3.63) is 82.8 Å². The molecule has 4 aromatic rings. The van der Waals surface area contributed by atoms with Gasteiger partial charge in [0.05, 0.1) is 0 Å². The summed E-state index contributed by atoms with van der Waals surface area (Å²) in [4.78, 5) is 12.4. The molecule has 0 aliphatic heterocycles. The summed E-state index contributed by atoms with van der Waals surface area (Å²) in [5.74, 6) is 1.70. The van der Waals surface area contributed by atoms with Crippen LogP contribution in [0.3, 0.4) is 0 Å². The number of nitrogens with one attached hydrogen (secondary N) is 2. The maximum atomic E-state index is 12.4. The molecule has 4 rings (SSSR count). The van der Waals surface area contributed by atoms with Gasteiger partial charge >= 0.3 is 0 Å². The number of halogens is 1. The molecule has 0 spiro atoms. The monoisotopic (exact) mass is 435 g/mol. The second-order valence-corrected chi connectivity index (χ2v) is 6.76. The van der Waals surface area contributed by atoms with Crippen LogP contribution in [-0.2, 0) is 0 Å². The molecule has 0 aliphatic rings. The minimum absolute atomic E-state index is 0.207. The minimum Gasteiger partial charge on any atom is -0.457 e. The molecule has 2 N–H and O–H groups in total. The summed E-state index contributed by atoms with van der Waals surface area (Å²) in [6.45, 7) is 0. The van der Waals surface area contributed by atoms with Crippen LogP contribution in [0.15, 0.2) is 77.3 Å². The molecule has 0 aliphatic carbocycles. The van der Waals surface area contributed by atoms with Crippen molar-refractivity contribution in [2.75, 3.05) is 5.32 Å². The fourth-order valence-corrected chi connectivity index (χ4v) is 2.77. The van der Waals surface area contributed by atoms with Crippen LogP contribution in [0.5, 0.6) is 11.5 Å². The Morgan fingerprint density at radius 1 is 0.893 bits per heavy atom. The zero-order chi connectivity index (χ0) is 19.3. The Morgan fingerprint density at radius 2 is 1.54 bits per heavy atom. The highest BCUT2D eigenvalue weighted by Crippen LogP contribution is 2.24. The van der Waals surface area contributed by atoms with E-state index < -0.39 is 0 Å². The third-order valence-corrected chi connectivity index (χ3v) is 4.44. The SMILES string of the molecule is O=C(Nc1ccc(Oc2ccc(Br)cc2)cc1)c1ccc(-c2nn[nH]n2)cc1. The second-order valence-electron chi connectivity index (χ2n) is 5.85. The van der Waals surface area contributed by atoms with E-state index >= 15 is 0 Å². The molecule has 28 heavy (non-hydrogen) atoms. The molecular formula is C20H14BrN5O2. The van der Waals surface area contributed by atoms with Crippen LogP contribution in [0, 0.1) is 0 Å². The number of hydrogen-bond acceptors (Lipinski definition) is 5. The normalized spacial score (nSPS) is 10.5. The standard InChI is InChI=1S/C20H14BrN5O2/c21-15-5-9-17(10-6-15)28-18-11-7-16(8-12-18)22-20(27)14-3-1-13(2-4-14)19-23-25-26-24-19/h1-12H,(H,22,27)(H,23,24,25,26). The first-order valence-electron chi connectivity index (χ1n) is 8.36. The number of carbonyl (C=O) groups is 1. The molecule has 0 saturated heterocycles. The fraction of sp³-hybridized carbons (Fsp3) is 0. The first-order chi connectivity index (χ1) is 13.7. The van der Waals surface area contributed by atoms with Crippen LogP contribution in [-0.4, -0.2) is 26.5 Å². The van der Waals surface area contributed by atoms with Crippen molar-refractivity contribution in [2.24, 2.45) is 0 Å². The van der Waals surface area contributed by atoms with Gasteiger partial charge in [-0.15, -0.1) is 10.2 Å². The van der Waals surface area contributed by atoms with Crippen LogP contribution < -0.4 is 10.1 Å². The van der Waals surface area contributed by atoms with Gasteiger partial charge in [-0.1, -0.05) is 28.1 Å². The van der Waals surface area contributed by atoms with Gasteiger partial charge in [-0.3, -0.25) is 4.79 Å². The van der Waals surface area contributed by atoms with Crippen molar-refractivity contribution in [2.45, 2.75) is 0 Å². The number of benzene rings is 3. The molecule has 1 heterocycles. The van der Waals surface area contributed by atoms with Crippen molar-refractivity contribution < 1.29 is 9.53 Å². The molecule has 0 radical (unpaired) electrons. The van der Waals surface area contributed by atoms with Gasteiger partial charge in [0.25, 0.3) is 5.91 Å². The Balaban J connectivity index is 1.39. The Kier molecular flexibility index (Phi) is 5.11. The maximum Gasteiger partial charge on any atom is 0.255 e. The van der Waals surface area contributed by atoms with Crippen molar-refractivity contribution in [1.82, 2.24) is 20.6 Å². The van der Waals surface area contributed by atoms with Gasteiger partial charge in [0.1, 0.15) is 11.5 Å². The largest absolute Gasteiger partial charge is 0.457 e. The quantitative estimate of drug-likeness (QED) is 0.474. The van der Waals surface area contributed by atoms with E-state index in [1.54, 1.807) is 48.5 Å². The van der Waals surface area contributed by atoms with Crippen LogP contribution in [0.25, 0.3) is 11.4 Å². The van der Waals surface area contributed by atoms with E-state index in [0.717, 1.165) is 15.8 Å². The smallest absolute Gasteiger partial charge is 0.255 e. The molecule has 8 heteroatoms. The lowest BCUT2D eigenvalue weighted by molar-refractivity contribution is 0.102. The third-order valence-electron chi connectivity index (χ3n) is 3.91. The topological polar surface area (TPSA) is 92.8 Å². The molecule has 1 aromatic heterocycles. The molecule has 1 amide bonds. The highest BCUT2D eigenvalue weighted by Gasteiger charge is 2.08. The molecular weight excluding hydrogens is 422 g/mol. The van der Waals surface area contributed by atoms with Crippen molar-refractivity contribution in [3.63, 3.8) is 0 Å². The predicted octanol–water partition coefficient (Wildman–Crippen LogP) is 4.67. The zero-order valence-electron chi connectivity index (χ0n) is 14.5. The van der Waals surface area contributed by atoms with E-state index in [9.17, 15) is 4.79 Å². The summed E-state index contributed by atoms with van der Waals surface area (Å²) in [6, 6.07) is 21.7. The lowest BCUT2D eigenvalue weighted by Crippen LogP contribution is -2.11. The van der Waals surface area contributed by atoms with Crippen LogP contribution >= 0.6 is 15.9 Å². The van der Waals surface area contributed by atoms with Gasteiger partial charge in [-0.25, -0.2) is 0 Å². The maximum absolute atomic E-state index is 12.4. The van der Waals surface area contributed by atoms with E-state index in [2.05, 4.69) is 41.9 Å². The number of tetrazole rings is 1. The minimum atomic E-state index is -0.207. The molecule has 3 aromatic carbocycles. The van der Waals surface area contributed by atoms with Gasteiger partial charge in [0.2, 0.25) is 5.82 Å². The van der Waals surface area contributed by atoms with Gasteiger partial charge < -0.3 is 10.1 Å². The van der Waals surface area contributed by atoms with E-state index in [1.807, 2.05) is 24.3 Å². The summed E-state index contributed by atoms with van der Waals surface area (Å²) in [5.41, 5.74) is 1.98. The Labute approximate surface area is 168 Å². The fourth-order valence-electron chi connectivity index (χ4n) is 2.50. The highest BCUT2D eigenvalue weighted by atomic mass is 79.9. The van der Waals surface area contributed by atoms with Crippen LogP contribution in [0.1, 0.15) is 10.4 Å². The summed E-state index contributed by atoms with van der Waals surface area (Å²) in [6.07, 6.45) is 0. The number of hydrogen-bond donors (Lipinski definition) is 2. The van der Waals surface area contributed by atoms with Gasteiger partial charge in [0.15, 0.2) is 0 Å². The number of rotatable bonds is 5. The number of H-pyrrole nitrogens is 1. The number of nitrogens with zero attached hydrogens (tertiary/aromatic N) is 3. The average Bonchev–Trinajstić information content (AvgIpc) is 3.26. The van der Waals surface area contributed by atoms with E-state index in [-0.39, 0.29) is 5.91 Å². The number of aromatic amines is 1. The molecule has 138 valence electrons. The molecule has 0 unspecified atom stereocenters. The predicted molar refractivity (Wildman–Crippen MR) is 108 cm³/mol. The summed E-state index contributed by atoms with van der Waals surface area (Å²) >= 11 is 3.39. The number of carbonyl (C=O) groups excluding carboxylic acids is 1. The lowest BCUT2D eigenvalue weighted by atomic mass is 10.1. The van der Waals surface area contributed by atoms with Crippen LogP contribution in [0.4, 0.5) is 5.69 Å². The van der Waals surface area contributed by atoms with Gasteiger partial charge in [-0.05, 0) is 65.9 Å². The first-order valence-corrected chi connectivity index (χ1v) is 9.15. The van der Waals surface area contributed by atoms with Gasteiger partial charge in [0, 0.05) is 21.3 Å². The van der Waals surface area contributed by atoms with Crippen molar-refractivity contribution >= 4 is 27.5 Å².